The molecule has 0 aliphatic heterocycles. The van der Waals surface area contributed by atoms with Gasteiger partial charge in [-0.3, -0.25) is 5.41 Å². The quantitative estimate of drug-likeness (QED) is 0.511. The monoisotopic (exact) mass is 277 g/mol. The average Bonchev–Trinajstić information content (AvgIpc) is 2.83. The molecule has 0 atom stereocenters. The van der Waals surface area contributed by atoms with Crippen LogP contribution in [0, 0.1) is 12.3 Å². The Bertz CT molecular complexity index is 610. The number of hydrogen-bond donors (Lipinski definition) is 2. The third-order valence-electron chi connectivity index (χ3n) is 2.72. The summed E-state index contributed by atoms with van der Waals surface area (Å²) < 4.78 is 7.03. The summed E-state index contributed by atoms with van der Waals surface area (Å²) in [4.78, 5) is 5.73. The SMILES string of the molecule is COc1cc(N(C)C(=N)S)ccc1-n1cnc(C)n1. The first-order valence-electron chi connectivity index (χ1n) is 5.61. The van der Waals surface area contributed by atoms with E-state index in [-0.39, 0.29) is 5.17 Å². The summed E-state index contributed by atoms with van der Waals surface area (Å²) >= 11 is 4.01. The van der Waals surface area contributed by atoms with Crippen molar-refractivity contribution in [1.29, 1.82) is 5.41 Å². The Balaban J connectivity index is 2.45. The highest BCUT2D eigenvalue weighted by Crippen LogP contribution is 2.28. The molecule has 0 aliphatic carbocycles. The molecule has 0 saturated carbocycles. The fraction of sp³-hybridized carbons (Fsp3) is 0.250. The maximum Gasteiger partial charge on any atom is 0.157 e. The number of nitrogens with zero attached hydrogens (tertiary/aromatic N) is 4. The van der Waals surface area contributed by atoms with Gasteiger partial charge in [-0.1, -0.05) is 0 Å². The molecule has 0 radical (unpaired) electrons. The van der Waals surface area contributed by atoms with Gasteiger partial charge in [-0.2, -0.15) is 5.10 Å². The number of anilines is 1. The molecule has 0 amide bonds. The smallest absolute Gasteiger partial charge is 0.157 e. The number of hydrogen-bond acceptors (Lipinski definition) is 4. The third-order valence-corrected chi connectivity index (χ3v) is 3.02. The summed E-state index contributed by atoms with van der Waals surface area (Å²) in [6, 6.07) is 5.58. The molecule has 6 nitrogen and oxygen atoms in total. The number of ether oxygens (including phenoxy) is 1. The van der Waals surface area contributed by atoms with Crippen LogP contribution >= 0.6 is 12.6 Å². The van der Waals surface area contributed by atoms with Crippen molar-refractivity contribution < 1.29 is 4.74 Å². The van der Waals surface area contributed by atoms with Crippen molar-refractivity contribution in [2.24, 2.45) is 0 Å². The van der Waals surface area contributed by atoms with Crippen LogP contribution in [0.4, 0.5) is 5.69 Å². The molecule has 7 heteroatoms. The van der Waals surface area contributed by atoms with Crippen LogP contribution in [0.3, 0.4) is 0 Å². The van der Waals surface area contributed by atoms with Gasteiger partial charge in [0.1, 0.15) is 23.6 Å². The predicted octanol–water partition coefficient (Wildman–Crippen LogP) is 1.89. The van der Waals surface area contributed by atoms with Crippen LogP contribution in [0.1, 0.15) is 5.82 Å². The van der Waals surface area contributed by atoms with Crippen LogP contribution in [0.15, 0.2) is 24.5 Å². The highest BCUT2D eigenvalue weighted by molar-refractivity contribution is 7.97. The maximum absolute atomic E-state index is 7.51. The van der Waals surface area contributed by atoms with E-state index in [1.807, 2.05) is 25.1 Å². The molecular formula is C12H15N5OS. The van der Waals surface area contributed by atoms with Crippen molar-refractivity contribution in [3.63, 3.8) is 0 Å². The van der Waals surface area contributed by atoms with Crippen molar-refractivity contribution in [3.05, 3.63) is 30.4 Å². The zero-order valence-electron chi connectivity index (χ0n) is 11.0. The van der Waals surface area contributed by atoms with Crippen LogP contribution in [-0.4, -0.2) is 34.1 Å². The summed E-state index contributed by atoms with van der Waals surface area (Å²) in [5, 5.41) is 11.9. The van der Waals surface area contributed by atoms with E-state index in [2.05, 4.69) is 22.7 Å². The minimum absolute atomic E-state index is 0.159. The molecule has 0 fully saturated rings. The van der Waals surface area contributed by atoms with E-state index in [1.54, 1.807) is 30.1 Å². The molecule has 0 bridgehead atoms. The van der Waals surface area contributed by atoms with Gasteiger partial charge in [0.05, 0.1) is 7.11 Å². The van der Waals surface area contributed by atoms with Crippen molar-refractivity contribution in [2.45, 2.75) is 6.92 Å². The maximum atomic E-state index is 7.51. The molecule has 1 aromatic heterocycles. The molecule has 0 saturated heterocycles. The highest BCUT2D eigenvalue weighted by Gasteiger charge is 2.11. The van der Waals surface area contributed by atoms with Crippen LogP contribution in [0.5, 0.6) is 5.75 Å². The topological polar surface area (TPSA) is 67.0 Å². The molecule has 19 heavy (non-hydrogen) atoms. The first-order chi connectivity index (χ1) is 9.02. The minimum Gasteiger partial charge on any atom is -0.494 e. The van der Waals surface area contributed by atoms with E-state index < -0.39 is 0 Å². The van der Waals surface area contributed by atoms with Gasteiger partial charge in [0.25, 0.3) is 0 Å². The molecule has 1 N–H and O–H groups in total. The van der Waals surface area contributed by atoms with Crippen LogP contribution < -0.4 is 9.64 Å². The van der Waals surface area contributed by atoms with E-state index >= 15 is 0 Å². The number of aromatic nitrogens is 3. The number of thiol groups is 1. The largest absolute Gasteiger partial charge is 0.494 e. The van der Waals surface area contributed by atoms with Gasteiger partial charge in [-0.05, 0) is 19.1 Å². The van der Waals surface area contributed by atoms with Gasteiger partial charge < -0.3 is 9.64 Å². The second kappa shape index (κ2) is 5.31. The predicted molar refractivity (Wildman–Crippen MR) is 77.8 cm³/mol. The third kappa shape index (κ3) is 2.70. The van der Waals surface area contributed by atoms with Crippen molar-refractivity contribution in [2.75, 3.05) is 19.1 Å². The number of aryl methyl sites for hydroxylation is 1. The molecule has 2 aromatic rings. The molecule has 1 heterocycles. The Labute approximate surface area is 116 Å². The Morgan fingerprint density at radius 2 is 2.21 bits per heavy atom. The number of methoxy groups -OCH3 is 1. The highest BCUT2D eigenvalue weighted by atomic mass is 32.1. The van der Waals surface area contributed by atoms with Gasteiger partial charge in [0.2, 0.25) is 0 Å². The van der Waals surface area contributed by atoms with E-state index in [4.69, 9.17) is 10.1 Å². The molecule has 2 rings (SSSR count). The first kappa shape index (κ1) is 13.4. The van der Waals surface area contributed by atoms with Crippen LogP contribution in [0.25, 0.3) is 5.69 Å². The lowest BCUT2D eigenvalue weighted by atomic mass is 10.2. The lowest BCUT2D eigenvalue weighted by molar-refractivity contribution is 0.412. The Morgan fingerprint density at radius 1 is 1.47 bits per heavy atom. The van der Waals surface area contributed by atoms with Crippen LogP contribution in [0.2, 0.25) is 0 Å². The van der Waals surface area contributed by atoms with Gasteiger partial charge in [-0.25, -0.2) is 9.67 Å². The van der Waals surface area contributed by atoms with Crippen molar-refractivity contribution in [3.8, 4) is 11.4 Å². The molecular weight excluding hydrogens is 262 g/mol. The number of amidine groups is 1. The van der Waals surface area contributed by atoms with Gasteiger partial charge in [-0.15, -0.1) is 12.6 Å². The standard InChI is InChI=1S/C12H15N5OS/c1-8-14-7-17(15-8)10-5-4-9(6-11(10)18-3)16(2)12(13)19/h4-7H,1-3H3,(H2,13,19). The Hall–Kier alpha value is -2.02. The van der Waals surface area contributed by atoms with Gasteiger partial charge in [0.15, 0.2) is 5.17 Å². The Morgan fingerprint density at radius 3 is 2.74 bits per heavy atom. The first-order valence-corrected chi connectivity index (χ1v) is 6.05. The van der Waals surface area contributed by atoms with Crippen molar-refractivity contribution >= 4 is 23.5 Å². The second-order valence-electron chi connectivity index (χ2n) is 3.98. The average molecular weight is 277 g/mol. The van der Waals surface area contributed by atoms with E-state index in [0.717, 1.165) is 11.4 Å². The molecule has 1 aromatic carbocycles. The number of benzene rings is 1. The minimum atomic E-state index is 0.159. The summed E-state index contributed by atoms with van der Waals surface area (Å²) in [5.74, 6) is 1.35. The molecule has 0 spiro atoms. The number of rotatable bonds is 3. The normalized spacial score (nSPS) is 10.3. The zero-order chi connectivity index (χ0) is 14.0. The van der Waals surface area contributed by atoms with E-state index in [0.29, 0.717) is 11.6 Å². The molecule has 100 valence electrons. The summed E-state index contributed by atoms with van der Waals surface area (Å²) in [6.45, 7) is 1.83. The number of nitrogens with one attached hydrogen (secondary N) is 1. The van der Waals surface area contributed by atoms with Crippen LogP contribution in [-0.2, 0) is 0 Å². The molecule has 0 aliphatic rings. The Kier molecular flexibility index (Phi) is 3.75. The molecule has 0 unspecified atom stereocenters. The summed E-state index contributed by atoms with van der Waals surface area (Å²) in [5.41, 5.74) is 1.61. The lowest BCUT2D eigenvalue weighted by Crippen LogP contribution is -2.20. The summed E-state index contributed by atoms with van der Waals surface area (Å²) in [7, 11) is 3.36. The second-order valence-corrected chi connectivity index (χ2v) is 4.40. The fourth-order valence-electron chi connectivity index (χ4n) is 1.65. The summed E-state index contributed by atoms with van der Waals surface area (Å²) in [6.07, 6.45) is 1.64. The van der Waals surface area contributed by atoms with E-state index in [1.165, 1.54) is 0 Å². The zero-order valence-corrected chi connectivity index (χ0v) is 11.8. The lowest BCUT2D eigenvalue weighted by Gasteiger charge is -2.18. The van der Waals surface area contributed by atoms with Gasteiger partial charge >= 0.3 is 0 Å². The van der Waals surface area contributed by atoms with Gasteiger partial charge in [0, 0.05) is 18.8 Å². The van der Waals surface area contributed by atoms with Crippen molar-refractivity contribution in [1.82, 2.24) is 14.8 Å². The fourth-order valence-corrected chi connectivity index (χ4v) is 1.76. The van der Waals surface area contributed by atoms with E-state index in [9.17, 15) is 0 Å².